The van der Waals surface area contributed by atoms with Crippen molar-refractivity contribution in [2.24, 2.45) is 0 Å². The van der Waals surface area contributed by atoms with Crippen molar-refractivity contribution in [2.45, 2.75) is 12.3 Å². The molecule has 4 nitrogen and oxygen atoms in total. The first-order valence-electron chi connectivity index (χ1n) is 7.43. The van der Waals surface area contributed by atoms with Gasteiger partial charge in [0.1, 0.15) is 0 Å². The topological polar surface area (TPSA) is 47.6 Å². The third kappa shape index (κ3) is 5.08. The van der Waals surface area contributed by atoms with Gasteiger partial charge >= 0.3 is 0 Å². The number of rotatable bonds is 8. The Kier molecular flexibility index (Phi) is 7.28. The standard InChI is InChI=1S/C18H20ClNO3S/c1-22-16-9-5-7-14(18(16)23-2)11-24-12-17(21)20-10-13-6-3-4-8-15(13)19/h3-9H,10-12H2,1-2H3,(H,20,21). The number of ether oxygens (including phenoxy) is 2. The number of benzene rings is 2. The minimum atomic E-state index is -0.0261. The van der Waals surface area contributed by atoms with Gasteiger partial charge in [-0.15, -0.1) is 11.8 Å². The van der Waals surface area contributed by atoms with Gasteiger partial charge in [0.25, 0.3) is 0 Å². The van der Waals surface area contributed by atoms with E-state index in [0.717, 1.165) is 11.1 Å². The normalized spacial score (nSPS) is 10.3. The van der Waals surface area contributed by atoms with Gasteiger partial charge in [0.05, 0.1) is 20.0 Å². The predicted octanol–water partition coefficient (Wildman–Crippen LogP) is 3.91. The van der Waals surface area contributed by atoms with E-state index in [-0.39, 0.29) is 5.91 Å². The lowest BCUT2D eigenvalue weighted by molar-refractivity contribution is -0.118. The molecule has 0 aliphatic rings. The number of amides is 1. The summed E-state index contributed by atoms with van der Waals surface area (Å²) in [7, 11) is 3.22. The Balaban J connectivity index is 1.82. The molecule has 0 heterocycles. The lowest BCUT2D eigenvalue weighted by Gasteiger charge is -2.12. The van der Waals surface area contributed by atoms with Crippen LogP contribution in [-0.4, -0.2) is 25.9 Å². The van der Waals surface area contributed by atoms with Crippen LogP contribution in [0.4, 0.5) is 0 Å². The molecule has 1 amide bonds. The van der Waals surface area contributed by atoms with Crippen molar-refractivity contribution in [3.8, 4) is 11.5 Å². The maximum Gasteiger partial charge on any atom is 0.230 e. The molecule has 0 atom stereocenters. The third-order valence-electron chi connectivity index (χ3n) is 3.41. The summed E-state index contributed by atoms with van der Waals surface area (Å²) >= 11 is 7.59. The molecular formula is C18H20ClNO3S. The minimum Gasteiger partial charge on any atom is -0.493 e. The fourth-order valence-electron chi connectivity index (χ4n) is 2.21. The van der Waals surface area contributed by atoms with E-state index in [0.29, 0.717) is 34.6 Å². The predicted molar refractivity (Wildman–Crippen MR) is 99.0 cm³/mol. The second kappa shape index (κ2) is 9.45. The number of para-hydroxylation sites is 1. The number of hydrogen-bond donors (Lipinski definition) is 1. The number of hydrogen-bond acceptors (Lipinski definition) is 4. The number of halogens is 1. The Morgan fingerprint density at radius 1 is 1.08 bits per heavy atom. The van der Waals surface area contributed by atoms with E-state index in [1.165, 1.54) is 11.8 Å². The maximum atomic E-state index is 12.0. The number of carbonyl (C=O) groups excluding carboxylic acids is 1. The second-order valence-electron chi connectivity index (χ2n) is 5.01. The van der Waals surface area contributed by atoms with Crippen molar-refractivity contribution in [1.29, 1.82) is 0 Å². The van der Waals surface area contributed by atoms with Gasteiger partial charge in [-0.25, -0.2) is 0 Å². The van der Waals surface area contributed by atoms with Gasteiger partial charge in [0.15, 0.2) is 11.5 Å². The molecule has 0 bridgehead atoms. The summed E-state index contributed by atoms with van der Waals surface area (Å²) in [6.07, 6.45) is 0. The lowest BCUT2D eigenvalue weighted by Crippen LogP contribution is -2.24. The van der Waals surface area contributed by atoms with Gasteiger partial charge < -0.3 is 14.8 Å². The van der Waals surface area contributed by atoms with E-state index in [1.54, 1.807) is 14.2 Å². The minimum absolute atomic E-state index is 0.0261. The summed E-state index contributed by atoms with van der Waals surface area (Å²) < 4.78 is 10.7. The van der Waals surface area contributed by atoms with Crippen LogP contribution in [0.2, 0.25) is 5.02 Å². The van der Waals surface area contributed by atoms with Gasteiger partial charge in [-0.3, -0.25) is 4.79 Å². The van der Waals surface area contributed by atoms with Crippen molar-refractivity contribution in [3.05, 3.63) is 58.6 Å². The summed E-state index contributed by atoms with van der Waals surface area (Å²) in [5.41, 5.74) is 1.91. The molecule has 0 aliphatic heterocycles. The van der Waals surface area contributed by atoms with Gasteiger partial charge in [0, 0.05) is 22.9 Å². The second-order valence-corrected chi connectivity index (χ2v) is 6.41. The zero-order chi connectivity index (χ0) is 17.4. The van der Waals surface area contributed by atoms with Crippen LogP contribution in [0.1, 0.15) is 11.1 Å². The quantitative estimate of drug-likeness (QED) is 0.770. The average Bonchev–Trinajstić information content (AvgIpc) is 2.60. The molecule has 0 aliphatic carbocycles. The number of methoxy groups -OCH3 is 2. The molecule has 1 N–H and O–H groups in total. The highest BCUT2D eigenvalue weighted by Gasteiger charge is 2.10. The zero-order valence-electron chi connectivity index (χ0n) is 13.7. The fourth-order valence-corrected chi connectivity index (χ4v) is 3.25. The first-order valence-corrected chi connectivity index (χ1v) is 8.96. The molecule has 0 saturated heterocycles. The van der Waals surface area contributed by atoms with E-state index in [2.05, 4.69) is 5.32 Å². The molecule has 24 heavy (non-hydrogen) atoms. The summed E-state index contributed by atoms with van der Waals surface area (Å²) in [5.74, 6) is 2.41. The van der Waals surface area contributed by atoms with Gasteiger partial charge in [-0.2, -0.15) is 0 Å². The van der Waals surface area contributed by atoms with E-state index < -0.39 is 0 Å². The monoisotopic (exact) mass is 365 g/mol. The van der Waals surface area contributed by atoms with Gasteiger partial charge in [-0.1, -0.05) is 41.9 Å². The summed E-state index contributed by atoms with van der Waals surface area (Å²) in [5, 5.41) is 3.54. The van der Waals surface area contributed by atoms with E-state index in [4.69, 9.17) is 21.1 Å². The molecule has 0 fully saturated rings. The third-order valence-corrected chi connectivity index (χ3v) is 4.76. The van der Waals surface area contributed by atoms with E-state index >= 15 is 0 Å². The van der Waals surface area contributed by atoms with Crippen LogP contribution in [0.3, 0.4) is 0 Å². The molecule has 2 aromatic rings. The highest BCUT2D eigenvalue weighted by molar-refractivity contribution is 7.99. The van der Waals surface area contributed by atoms with Crippen molar-refractivity contribution in [3.63, 3.8) is 0 Å². The van der Waals surface area contributed by atoms with E-state index in [9.17, 15) is 4.79 Å². The Labute approximate surface area is 151 Å². The lowest BCUT2D eigenvalue weighted by atomic mass is 10.2. The molecular weight excluding hydrogens is 346 g/mol. The number of nitrogens with one attached hydrogen (secondary N) is 1. The Bertz CT molecular complexity index is 694. The first kappa shape index (κ1) is 18.5. The summed E-state index contributed by atoms with van der Waals surface area (Å²) in [6, 6.07) is 13.2. The Morgan fingerprint density at radius 2 is 1.83 bits per heavy atom. The van der Waals surface area contributed by atoms with Crippen molar-refractivity contribution < 1.29 is 14.3 Å². The molecule has 2 rings (SSSR count). The molecule has 6 heteroatoms. The van der Waals surface area contributed by atoms with Crippen LogP contribution >= 0.6 is 23.4 Å². The Hall–Kier alpha value is -1.85. The van der Waals surface area contributed by atoms with Gasteiger partial charge in [-0.05, 0) is 17.7 Å². The zero-order valence-corrected chi connectivity index (χ0v) is 15.2. The van der Waals surface area contributed by atoms with Gasteiger partial charge in [0.2, 0.25) is 5.91 Å². The van der Waals surface area contributed by atoms with Crippen molar-refractivity contribution in [1.82, 2.24) is 5.32 Å². The van der Waals surface area contributed by atoms with E-state index in [1.807, 2.05) is 42.5 Å². The van der Waals surface area contributed by atoms with Crippen LogP contribution in [0.25, 0.3) is 0 Å². The number of thioether (sulfide) groups is 1. The molecule has 0 spiro atoms. The van der Waals surface area contributed by atoms with Crippen molar-refractivity contribution in [2.75, 3.05) is 20.0 Å². The largest absolute Gasteiger partial charge is 0.493 e. The van der Waals surface area contributed by atoms with Crippen LogP contribution in [0.15, 0.2) is 42.5 Å². The summed E-state index contributed by atoms with van der Waals surface area (Å²) in [4.78, 5) is 12.0. The molecule has 2 aromatic carbocycles. The molecule has 128 valence electrons. The number of carbonyl (C=O) groups is 1. The first-order chi connectivity index (χ1) is 11.7. The maximum absolute atomic E-state index is 12.0. The molecule has 0 unspecified atom stereocenters. The Morgan fingerprint density at radius 3 is 2.54 bits per heavy atom. The smallest absolute Gasteiger partial charge is 0.230 e. The van der Waals surface area contributed by atoms with Crippen LogP contribution < -0.4 is 14.8 Å². The molecule has 0 radical (unpaired) electrons. The highest BCUT2D eigenvalue weighted by Crippen LogP contribution is 2.32. The highest BCUT2D eigenvalue weighted by atomic mass is 35.5. The van der Waals surface area contributed by atoms with Crippen LogP contribution in [0.5, 0.6) is 11.5 Å². The molecule has 0 aromatic heterocycles. The van der Waals surface area contributed by atoms with Crippen LogP contribution in [0, 0.1) is 0 Å². The SMILES string of the molecule is COc1cccc(CSCC(=O)NCc2ccccc2Cl)c1OC. The summed E-state index contributed by atoms with van der Waals surface area (Å²) in [6.45, 7) is 0.432. The van der Waals surface area contributed by atoms with Crippen molar-refractivity contribution >= 4 is 29.3 Å². The fraction of sp³-hybridized carbons (Fsp3) is 0.278. The average molecular weight is 366 g/mol. The van der Waals surface area contributed by atoms with Crippen LogP contribution in [-0.2, 0) is 17.1 Å². The molecule has 0 saturated carbocycles.